The molecule has 1 aliphatic heterocycles. The number of aryl methyl sites for hydroxylation is 1. The molecule has 0 bridgehead atoms. The zero-order valence-electron chi connectivity index (χ0n) is 16.5. The SMILES string of the molecule is CCc1ccc2nc(NC(=O)C3CCN(S(=O)(=O)c4ccc(Cl)cc4)CC3)sc2c1. The Labute approximate surface area is 184 Å². The Hall–Kier alpha value is -2.00. The minimum absolute atomic E-state index is 0.103. The second-order valence-corrected chi connectivity index (χ2v) is 10.7. The van der Waals surface area contributed by atoms with Gasteiger partial charge in [0.25, 0.3) is 0 Å². The minimum atomic E-state index is -3.58. The van der Waals surface area contributed by atoms with Crippen molar-refractivity contribution in [2.75, 3.05) is 18.4 Å². The van der Waals surface area contributed by atoms with Crippen LogP contribution in [0.5, 0.6) is 0 Å². The summed E-state index contributed by atoms with van der Waals surface area (Å²) in [6.07, 6.45) is 1.90. The number of thiazole rings is 1. The van der Waals surface area contributed by atoms with Crippen molar-refractivity contribution in [1.82, 2.24) is 9.29 Å². The molecule has 6 nitrogen and oxygen atoms in total. The molecule has 158 valence electrons. The van der Waals surface area contributed by atoms with Crippen LogP contribution in [-0.4, -0.2) is 36.7 Å². The number of fused-ring (bicyclic) bond motifs is 1. The molecule has 0 radical (unpaired) electrons. The molecule has 1 amide bonds. The van der Waals surface area contributed by atoms with Crippen molar-refractivity contribution in [3.8, 4) is 0 Å². The lowest BCUT2D eigenvalue weighted by Gasteiger charge is -2.30. The molecule has 1 aromatic heterocycles. The Morgan fingerprint density at radius 1 is 1.20 bits per heavy atom. The van der Waals surface area contributed by atoms with Gasteiger partial charge >= 0.3 is 0 Å². The van der Waals surface area contributed by atoms with Crippen LogP contribution in [0.15, 0.2) is 47.4 Å². The average Bonchev–Trinajstić information content (AvgIpc) is 3.15. The summed E-state index contributed by atoms with van der Waals surface area (Å²) in [6.45, 7) is 2.72. The van der Waals surface area contributed by atoms with E-state index in [9.17, 15) is 13.2 Å². The van der Waals surface area contributed by atoms with Gasteiger partial charge in [-0.2, -0.15) is 4.31 Å². The molecule has 0 saturated carbocycles. The number of piperidine rings is 1. The fourth-order valence-electron chi connectivity index (χ4n) is 3.56. The third-order valence-electron chi connectivity index (χ3n) is 5.37. The average molecular weight is 464 g/mol. The van der Waals surface area contributed by atoms with E-state index in [4.69, 9.17) is 11.6 Å². The lowest BCUT2D eigenvalue weighted by molar-refractivity contribution is -0.120. The van der Waals surface area contributed by atoms with Crippen LogP contribution in [0.3, 0.4) is 0 Å². The smallest absolute Gasteiger partial charge is 0.243 e. The molecule has 0 unspecified atom stereocenters. The van der Waals surface area contributed by atoms with Crippen LogP contribution in [0.1, 0.15) is 25.3 Å². The highest BCUT2D eigenvalue weighted by molar-refractivity contribution is 7.89. The monoisotopic (exact) mass is 463 g/mol. The van der Waals surface area contributed by atoms with E-state index < -0.39 is 10.0 Å². The number of hydrogen-bond donors (Lipinski definition) is 1. The molecule has 0 atom stereocenters. The molecular formula is C21H22ClN3O3S2. The second-order valence-electron chi connectivity index (χ2n) is 7.30. The Morgan fingerprint density at radius 3 is 2.57 bits per heavy atom. The Kier molecular flexibility index (Phi) is 6.11. The number of aromatic nitrogens is 1. The highest BCUT2D eigenvalue weighted by Crippen LogP contribution is 2.29. The maximum Gasteiger partial charge on any atom is 0.243 e. The standard InChI is InChI=1S/C21H22ClN3O3S2/c1-2-14-3-8-18-19(13-14)29-21(23-18)24-20(26)15-9-11-25(12-10-15)30(27,28)17-6-4-16(22)5-7-17/h3-8,13,15H,2,9-12H2,1H3,(H,23,24,26). The van der Waals surface area contributed by atoms with Crippen LogP contribution in [0.2, 0.25) is 5.02 Å². The highest BCUT2D eigenvalue weighted by Gasteiger charge is 2.32. The molecule has 1 N–H and O–H groups in total. The summed E-state index contributed by atoms with van der Waals surface area (Å²) in [5.41, 5.74) is 2.11. The topological polar surface area (TPSA) is 79.4 Å². The number of amides is 1. The van der Waals surface area contributed by atoms with E-state index in [-0.39, 0.29) is 16.7 Å². The fourth-order valence-corrected chi connectivity index (χ4v) is 6.09. The van der Waals surface area contributed by atoms with Crippen LogP contribution in [0.25, 0.3) is 10.2 Å². The highest BCUT2D eigenvalue weighted by atomic mass is 35.5. The van der Waals surface area contributed by atoms with E-state index in [1.807, 2.05) is 12.1 Å². The van der Waals surface area contributed by atoms with Gasteiger partial charge in [-0.3, -0.25) is 4.79 Å². The number of hydrogen-bond acceptors (Lipinski definition) is 5. The summed E-state index contributed by atoms with van der Waals surface area (Å²) < 4.78 is 28.1. The van der Waals surface area contributed by atoms with Gasteiger partial charge in [-0.25, -0.2) is 13.4 Å². The van der Waals surface area contributed by atoms with E-state index in [1.54, 1.807) is 12.1 Å². The first-order chi connectivity index (χ1) is 14.4. The van der Waals surface area contributed by atoms with Crippen LogP contribution in [0, 0.1) is 5.92 Å². The zero-order chi connectivity index (χ0) is 21.3. The van der Waals surface area contributed by atoms with Gasteiger partial charge in [-0.1, -0.05) is 35.9 Å². The van der Waals surface area contributed by atoms with Gasteiger partial charge in [0.2, 0.25) is 15.9 Å². The molecule has 1 aliphatic rings. The van der Waals surface area contributed by atoms with E-state index in [1.165, 1.54) is 33.3 Å². The van der Waals surface area contributed by atoms with Crippen LogP contribution >= 0.6 is 22.9 Å². The molecule has 0 aliphatic carbocycles. The lowest BCUT2D eigenvalue weighted by Crippen LogP contribution is -2.41. The van der Waals surface area contributed by atoms with Gasteiger partial charge in [-0.15, -0.1) is 0 Å². The summed E-state index contributed by atoms with van der Waals surface area (Å²) in [4.78, 5) is 17.4. The first-order valence-electron chi connectivity index (χ1n) is 9.83. The summed E-state index contributed by atoms with van der Waals surface area (Å²) in [5, 5.41) is 3.99. The van der Waals surface area contributed by atoms with Gasteiger partial charge < -0.3 is 5.32 Å². The lowest BCUT2D eigenvalue weighted by atomic mass is 9.97. The molecule has 3 aromatic rings. The van der Waals surface area contributed by atoms with Gasteiger partial charge in [0.15, 0.2) is 5.13 Å². The van der Waals surface area contributed by atoms with Crippen molar-refractivity contribution in [2.24, 2.45) is 5.92 Å². The zero-order valence-corrected chi connectivity index (χ0v) is 18.9. The molecule has 9 heteroatoms. The normalized spacial score (nSPS) is 16.1. The second kappa shape index (κ2) is 8.63. The Bertz CT molecular complexity index is 1170. The maximum atomic E-state index is 12.8. The first-order valence-corrected chi connectivity index (χ1v) is 12.5. The van der Waals surface area contributed by atoms with Crippen molar-refractivity contribution >= 4 is 54.2 Å². The number of halogens is 1. The quantitative estimate of drug-likeness (QED) is 0.601. The molecule has 0 spiro atoms. The summed E-state index contributed by atoms with van der Waals surface area (Å²) >= 11 is 7.31. The number of sulfonamides is 1. The summed E-state index contributed by atoms with van der Waals surface area (Å²) in [5.74, 6) is -0.340. The van der Waals surface area contributed by atoms with Crippen molar-refractivity contribution < 1.29 is 13.2 Å². The number of carbonyl (C=O) groups is 1. The molecule has 30 heavy (non-hydrogen) atoms. The van der Waals surface area contributed by atoms with Crippen molar-refractivity contribution in [1.29, 1.82) is 0 Å². The van der Waals surface area contributed by atoms with E-state index >= 15 is 0 Å². The van der Waals surface area contributed by atoms with Crippen LogP contribution < -0.4 is 5.32 Å². The summed E-state index contributed by atoms with van der Waals surface area (Å²) in [6, 6.07) is 12.3. The first kappa shape index (κ1) is 21.2. The largest absolute Gasteiger partial charge is 0.302 e. The van der Waals surface area contributed by atoms with Crippen LogP contribution in [0.4, 0.5) is 5.13 Å². The van der Waals surface area contributed by atoms with Crippen molar-refractivity contribution in [3.05, 3.63) is 53.1 Å². The number of rotatable bonds is 5. The molecule has 1 fully saturated rings. The molecule has 2 heterocycles. The molecule has 2 aromatic carbocycles. The van der Waals surface area contributed by atoms with Gasteiger partial charge in [0.1, 0.15) is 0 Å². The van der Waals surface area contributed by atoms with Crippen LogP contribution in [-0.2, 0) is 21.2 Å². The van der Waals surface area contributed by atoms with Gasteiger partial charge in [0, 0.05) is 24.0 Å². The van der Waals surface area contributed by atoms with Crippen molar-refractivity contribution in [3.63, 3.8) is 0 Å². The van der Waals surface area contributed by atoms with E-state index in [0.717, 1.165) is 16.6 Å². The number of carbonyl (C=O) groups excluding carboxylic acids is 1. The molecule has 1 saturated heterocycles. The Balaban J connectivity index is 1.39. The predicted molar refractivity (Wildman–Crippen MR) is 121 cm³/mol. The van der Waals surface area contributed by atoms with E-state index in [0.29, 0.717) is 36.1 Å². The maximum absolute atomic E-state index is 12.8. The Morgan fingerprint density at radius 2 is 1.90 bits per heavy atom. The molecular weight excluding hydrogens is 442 g/mol. The number of anilines is 1. The molecule has 4 rings (SSSR count). The number of nitrogens with one attached hydrogen (secondary N) is 1. The third-order valence-corrected chi connectivity index (χ3v) is 8.47. The van der Waals surface area contributed by atoms with E-state index in [2.05, 4.69) is 23.3 Å². The third kappa shape index (κ3) is 4.37. The minimum Gasteiger partial charge on any atom is -0.302 e. The summed E-state index contributed by atoms with van der Waals surface area (Å²) in [7, 11) is -3.58. The number of nitrogens with zero attached hydrogens (tertiary/aromatic N) is 2. The van der Waals surface area contributed by atoms with Gasteiger partial charge in [-0.05, 0) is 61.2 Å². The predicted octanol–water partition coefficient (Wildman–Crippen LogP) is 4.55. The fraction of sp³-hybridized carbons (Fsp3) is 0.333. The van der Waals surface area contributed by atoms with Gasteiger partial charge in [0.05, 0.1) is 15.1 Å². The van der Waals surface area contributed by atoms with Crippen molar-refractivity contribution in [2.45, 2.75) is 31.1 Å². The number of benzene rings is 2.